The molecule has 154 valence electrons. The predicted molar refractivity (Wildman–Crippen MR) is 113 cm³/mol. The molecule has 1 heterocycles. The molecule has 0 bridgehead atoms. The zero-order valence-electron chi connectivity index (χ0n) is 16.8. The van der Waals surface area contributed by atoms with E-state index in [9.17, 15) is 4.79 Å². The smallest absolute Gasteiger partial charge is 0.251 e. The van der Waals surface area contributed by atoms with E-state index in [1.807, 2.05) is 30.3 Å². The van der Waals surface area contributed by atoms with Crippen molar-refractivity contribution in [3.05, 3.63) is 72.3 Å². The summed E-state index contributed by atoms with van der Waals surface area (Å²) in [5, 5.41) is 3.18. The molecule has 1 atom stereocenters. The molecule has 1 unspecified atom stereocenters. The van der Waals surface area contributed by atoms with Crippen LogP contribution < -0.4 is 14.8 Å². The maximum absolute atomic E-state index is 13.0. The Kier molecular flexibility index (Phi) is 7.67. The van der Waals surface area contributed by atoms with Gasteiger partial charge in [0, 0.05) is 25.2 Å². The lowest BCUT2D eigenvalue weighted by Gasteiger charge is -2.31. The quantitative estimate of drug-likeness (QED) is 0.660. The second-order valence-corrected chi connectivity index (χ2v) is 6.82. The van der Waals surface area contributed by atoms with Crippen molar-refractivity contribution in [3.8, 4) is 11.5 Å². The number of hydrogen-bond donors (Lipinski definition) is 1. The first-order valence-corrected chi connectivity index (χ1v) is 9.79. The summed E-state index contributed by atoms with van der Waals surface area (Å²) < 4.78 is 16.4. The van der Waals surface area contributed by atoms with Crippen molar-refractivity contribution in [2.75, 3.05) is 46.6 Å². The molecule has 6 nitrogen and oxygen atoms in total. The van der Waals surface area contributed by atoms with Gasteiger partial charge in [-0.2, -0.15) is 0 Å². The Bertz CT molecular complexity index is 804. The number of amides is 1. The van der Waals surface area contributed by atoms with Crippen LogP contribution >= 0.6 is 0 Å². The van der Waals surface area contributed by atoms with Crippen LogP contribution in [0.3, 0.4) is 0 Å². The molecular weight excluding hydrogens is 368 g/mol. The highest BCUT2D eigenvalue weighted by molar-refractivity contribution is 5.95. The van der Waals surface area contributed by atoms with Gasteiger partial charge in [-0.05, 0) is 23.8 Å². The van der Waals surface area contributed by atoms with Gasteiger partial charge in [0.15, 0.2) is 11.5 Å². The predicted octanol–water partition coefficient (Wildman–Crippen LogP) is 3.06. The Morgan fingerprint density at radius 3 is 2.66 bits per heavy atom. The molecule has 1 aliphatic heterocycles. The Labute approximate surface area is 172 Å². The first kappa shape index (κ1) is 20.9. The number of ether oxygens (including phenoxy) is 3. The lowest BCUT2D eigenvalue weighted by molar-refractivity contribution is 0.0332. The summed E-state index contributed by atoms with van der Waals surface area (Å²) in [7, 11) is 1.56. The van der Waals surface area contributed by atoms with Gasteiger partial charge in [-0.25, -0.2) is 0 Å². The molecule has 6 heteroatoms. The Morgan fingerprint density at radius 2 is 1.97 bits per heavy atom. The van der Waals surface area contributed by atoms with Gasteiger partial charge < -0.3 is 19.5 Å². The molecule has 2 aromatic rings. The van der Waals surface area contributed by atoms with E-state index in [1.54, 1.807) is 31.4 Å². The minimum atomic E-state index is -0.152. The minimum absolute atomic E-state index is 0.121. The van der Waals surface area contributed by atoms with E-state index in [-0.39, 0.29) is 11.9 Å². The van der Waals surface area contributed by atoms with Gasteiger partial charge in [-0.15, -0.1) is 0 Å². The molecule has 0 saturated carbocycles. The molecule has 1 aliphatic rings. The van der Waals surface area contributed by atoms with Crippen molar-refractivity contribution < 1.29 is 19.0 Å². The van der Waals surface area contributed by atoms with E-state index in [2.05, 4.69) is 16.8 Å². The highest BCUT2D eigenvalue weighted by Gasteiger charge is 2.21. The van der Waals surface area contributed by atoms with E-state index in [1.165, 1.54) is 0 Å². The fourth-order valence-electron chi connectivity index (χ4n) is 3.28. The largest absolute Gasteiger partial charge is 0.493 e. The topological polar surface area (TPSA) is 60.0 Å². The second-order valence-electron chi connectivity index (χ2n) is 6.82. The van der Waals surface area contributed by atoms with Crippen LogP contribution in [0.15, 0.2) is 61.2 Å². The maximum Gasteiger partial charge on any atom is 0.251 e. The number of morpholine rings is 1. The van der Waals surface area contributed by atoms with Crippen molar-refractivity contribution in [1.82, 2.24) is 10.2 Å². The molecule has 0 radical (unpaired) electrons. The number of hydrogen-bond acceptors (Lipinski definition) is 5. The van der Waals surface area contributed by atoms with Crippen LogP contribution in [0.5, 0.6) is 11.5 Å². The number of nitrogens with zero attached hydrogens (tertiary/aromatic N) is 1. The average Bonchev–Trinajstić information content (AvgIpc) is 2.78. The average molecular weight is 396 g/mol. The first-order valence-electron chi connectivity index (χ1n) is 9.79. The Balaban J connectivity index is 1.75. The van der Waals surface area contributed by atoms with E-state index in [0.717, 1.165) is 38.4 Å². The highest BCUT2D eigenvalue weighted by atomic mass is 16.5. The van der Waals surface area contributed by atoms with Crippen molar-refractivity contribution >= 4 is 5.91 Å². The number of carbonyl (C=O) groups excluding carboxylic acids is 1. The summed E-state index contributed by atoms with van der Waals surface area (Å²) in [6.07, 6.45) is 1.66. The van der Waals surface area contributed by atoms with Crippen molar-refractivity contribution in [2.45, 2.75) is 6.04 Å². The van der Waals surface area contributed by atoms with Crippen molar-refractivity contribution in [3.63, 3.8) is 0 Å². The normalized spacial score (nSPS) is 15.3. The zero-order chi connectivity index (χ0) is 20.5. The van der Waals surface area contributed by atoms with Gasteiger partial charge in [0.25, 0.3) is 5.91 Å². The molecule has 1 fully saturated rings. The number of carbonyl (C=O) groups is 1. The van der Waals surface area contributed by atoms with Crippen LogP contribution in [0.1, 0.15) is 22.0 Å². The van der Waals surface area contributed by atoms with Gasteiger partial charge >= 0.3 is 0 Å². The lowest BCUT2D eigenvalue weighted by atomic mass is 10.0. The fraction of sp³-hybridized carbons (Fsp3) is 0.348. The number of methoxy groups -OCH3 is 1. The summed E-state index contributed by atoms with van der Waals surface area (Å²) in [5.41, 5.74) is 1.60. The summed E-state index contributed by atoms with van der Waals surface area (Å²) in [4.78, 5) is 15.3. The van der Waals surface area contributed by atoms with Crippen LogP contribution in [-0.2, 0) is 4.74 Å². The summed E-state index contributed by atoms with van der Waals surface area (Å²) in [6.45, 7) is 7.92. The van der Waals surface area contributed by atoms with Gasteiger partial charge in [-0.1, -0.05) is 43.0 Å². The van der Waals surface area contributed by atoms with E-state index in [0.29, 0.717) is 23.7 Å². The van der Waals surface area contributed by atoms with E-state index >= 15 is 0 Å². The molecule has 2 aromatic carbocycles. The molecule has 1 amide bonds. The van der Waals surface area contributed by atoms with Crippen molar-refractivity contribution in [1.29, 1.82) is 0 Å². The van der Waals surface area contributed by atoms with Crippen LogP contribution in [0, 0.1) is 0 Å². The molecule has 1 N–H and O–H groups in total. The summed E-state index contributed by atoms with van der Waals surface area (Å²) >= 11 is 0. The third kappa shape index (κ3) is 5.82. The molecular formula is C23H28N2O4. The molecule has 1 saturated heterocycles. The molecule has 3 rings (SSSR count). The van der Waals surface area contributed by atoms with Gasteiger partial charge in [0.2, 0.25) is 0 Å². The molecule has 0 aromatic heterocycles. The van der Waals surface area contributed by atoms with Crippen LogP contribution in [-0.4, -0.2) is 57.4 Å². The third-order valence-electron chi connectivity index (χ3n) is 4.83. The van der Waals surface area contributed by atoms with Crippen LogP contribution in [0.2, 0.25) is 0 Å². The number of benzene rings is 2. The molecule has 29 heavy (non-hydrogen) atoms. The number of rotatable bonds is 9. The zero-order valence-corrected chi connectivity index (χ0v) is 16.8. The summed E-state index contributed by atoms with van der Waals surface area (Å²) in [6, 6.07) is 15.1. The summed E-state index contributed by atoms with van der Waals surface area (Å²) in [5.74, 6) is 0.946. The maximum atomic E-state index is 13.0. The number of nitrogens with one attached hydrogen (secondary N) is 1. The third-order valence-corrected chi connectivity index (χ3v) is 4.83. The van der Waals surface area contributed by atoms with Gasteiger partial charge in [0.05, 0.1) is 26.4 Å². The monoisotopic (exact) mass is 396 g/mol. The second kappa shape index (κ2) is 10.6. The van der Waals surface area contributed by atoms with Crippen molar-refractivity contribution in [2.24, 2.45) is 0 Å². The molecule has 0 spiro atoms. The fourth-order valence-corrected chi connectivity index (χ4v) is 3.28. The highest BCUT2D eigenvalue weighted by Crippen LogP contribution is 2.28. The lowest BCUT2D eigenvalue weighted by Crippen LogP contribution is -2.43. The Morgan fingerprint density at radius 1 is 1.21 bits per heavy atom. The van der Waals surface area contributed by atoms with Gasteiger partial charge in [-0.3, -0.25) is 9.69 Å². The van der Waals surface area contributed by atoms with E-state index in [4.69, 9.17) is 14.2 Å². The van der Waals surface area contributed by atoms with E-state index < -0.39 is 0 Å². The minimum Gasteiger partial charge on any atom is -0.493 e. The van der Waals surface area contributed by atoms with Gasteiger partial charge in [0.1, 0.15) is 6.61 Å². The van der Waals surface area contributed by atoms with Crippen LogP contribution in [0.25, 0.3) is 0 Å². The molecule has 0 aliphatic carbocycles. The standard InChI is InChI=1S/C23H28N2O4/c1-3-13-29-21-10-9-19(16-22(21)27-2)23(26)24-20(18-7-5-4-6-8-18)17-25-11-14-28-15-12-25/h3-10,16,20H,1,11-15,17H2,2H3,(H,24,26). The SMILES string of the molecule is C=CCOc1ccc(C(=O)NC(CN2CCOCC2)c2ccccc2)cc1OC. The Hall–Kier alpha value is -2.83. The first-order chi connectivity index (χ1) is 14.2. The van der Waals surface area contributed by atoms with Crippen LogP contribution in [0.4, 0.5) is 0 Å².